The highest BCUT2D eigenvalue weighted by molar-refractivity contribution is 6.32. The average molecular weight is 260 g/mol. The first-order valence-corrected chi connectivity index (χ1v) is 6.60. The van der Waals surface area contributed by atoms with E-state index in [1.165, 1.54) is 11.1 Å². The minimum absolute atomic E-state index is 0.0788. The normalized spacial score (nSPS) is 14.6. The number of hydrogen-bond donors (Lipinski definition) is 0. The van der Waals surface area contributed by atoms with Crippen LogP contribution in [-0.4, -0.2) is 13.8 Å². The van der Waals surface area contributed by atoms with Crippen molar-refractivity contribution in [3.63, 3.8) is 0 Å². The zero-order valence-corrected chi connectivity index (χ0v) is 11.0. The summed E-state index contributed by atoms with van der Waals surface area (Å²) in [6.07, 6.45) is 1.52. The van der Waals surface area contributed by atoms with Gasteiger partial charge in [0.2, 0.25) is 0 Å². The third-order valence-electron chi connectivity index (χ3n) is 3.56. The molecular weight excluding hydrogens is 247 g/mol. The summed E-state index contributed by atoms with van der Waals surface area (Å²) in [6, 6.07) is 15.1. The number of rotatable bonds is 2. The number of azo groups is 1. The van der Waals surface area contributed by atoms with E-state index in [1.807, 2.05) is 12.1 Å². The molecule has 0 aromatic heterocycles. The van der Waals surface area contributed by atoms with Gasteiger partial charge in [-0.15, -0.1) is 10.2 Å². The van der Waals surface area contributed by atoms with E-state index in [0.717, 1.165) is 12.8 Å². The zero-order chi connectivity index (χ0) is 13.9. The van der Waals surface area contributed by atoms with Gasteiger partial charge in [0.05, 0.1) is 5.69 Å². The van der Waals surface area contributed by atoms with Crippen molar-refractivity contribution < 1.29 is 4.79 Å². The fourth-order valence-corrected chi connectivity index (χ4v) is 2.46. The predicted octanol–water partition coefficient (Wildman–Crippen LogP) is 2.51. The Kier molecular flexibility index (Phi) is 3.46. The van der Waals surface area contributed by atoms with Crippen LogP contribution in [0.15, 0.2) is 58.8 Å². The Morgan fingerprint density at radius 3 is 2.20 bits per heavy atom. The molecule has 0 heterocycles. The number of fused-ring (bicyclic) bond motifs is 1. The highest BCUT2D eigenvalue weighted by Crippen LogP contribution is 2.27. The molecule has 0 spiro atoms. The molecule has 1 aliphatic rings. The molecule has 0 unspecified atom stereocenters. The van der Waals surface area contributed by atoms with Crippen molar-refractivity contribution in [2.45, 2.75) is 12.8 Å². The van der Waals surface area contributed by atoms with Gasteiger partial charge in [0, 0.05) is 5.92 Å². The van der Waals surface area contributed by atoms with Gasteiger partial charge in [-0.25, -0.2) is 0 Å². The van der Waals surface area contributed by atoms with Crippen LogP contribution in [0.1, 0.15) is 11.1 Å². The van der Waals surface area contributed by atoms with Crippen LogP contribution in [0, 0.1) is 5.92 Å². The Morgan fingerprint density at radius 1 is 1.00 bits per heavy atom. The first kappa shape index (κ1) is 12.8. The highest BCUT2D eigenvalue weighted by Gasteiger charge is 2.26. The van der Waals surface area contributed by atoms with Crippen LogP contribution < -0.4 is 5.46 Å². The van der Waals surface area contributed by atoms with Gasteiger partial charge in [-0.05, 0) is 36.1 Å². The fourth-order valence-electron chi connectivity index (χ4n) is 2.46. The fraction of sp³-hybridized carbons (Fsp3) is 0.188. The molecule has 2 aromatic rings. The van der Waals surface area contributed by atoms with Crippen molar-refractivity contribution in [3.05, 3.63) is 59.7 Å². The third kappa shape index (κ3) is 2.69. The highest BCUT2D eigenvalue weighted by atomic mass is 16.1. The second kappa shape index (κ2) is 5.41. The molecule has 0 bridgehead atoms. The molecule has 20 heavy (non-hydrogen) atoms. The van der Waals surface area contributed by atoms with Crippen molar-refractivity contribution in [2.24, 2.45) is 16.1 Å². The largest absolute Gasteiger partial charge is 0.271 e. The van der Waals surface area contributed by atoms with Gasteiger partial charge in [0.15, 0.2) is 0 Å². The molecule has 4 heteroatoms. The maximum Gasteiger partial charge on any atom is 0.268 e. The summed E-state index contributed by atoms with van der Waals surface area (Å²) in [6.45, 7) is 0. The van der Waals surface area contributed by atoms with E-state index in [2.05, 4.69) is 22.4 Å². The molecule has 0 atom stereocenters. The van der Waals surface area contributed by atoms with Crippen molar-refractivity contribution in [1.29, 1.82) is 0 Å². The van der Waals surface area contributed by atoms with Gasteiger partial charge < -0.3 is 0 Å². The van der Waals surface area contributed by atoms with Crippen LogP contribution in [0.4, 0.5) is 5.69 Å². The summed E-state index contributed by atoms with van der Waals surface area (Å²) >= 11 is 0. The quantitative estimate of drug-likeness (QED) is 0.604. The summed E-state index contributed by atoms with van der Waals surface area (Å²) < 4.78 is 0. The summed E-state index contributed by atoms with van der Waals surface area (Å²) in [7, 11) is 5.59. The first-order valence-electron chi connectivity index (χ1n) is 6.60. The molecule has 0 fully saturated rings. The number of benzene rings is 2. The molecule has 2 aromatic carbocycles. The van der Waals surface area contributed by atoms with Crippen LogP contribution in [0.2, 0.25) is 0 Å². The Bertz CT molecular complexity index is 639. The van der Waals surface area contributed by atoms with Gasteiger partial charge >= 0.3 is 0 Å². The van der Waals surface area contributed by atoms with Crippen molar-refractivity contribution in [2.75, 3.05) is 0 Å². The van der Waals surface area contributed by atoms with Crippen LogP contribution in [0.25, 0.3) is 0 Å². The number of amides is 1. The van der Waals surface area contributed by atoms with Gasteiger partial charge in [-0.3, -0.25) is 4.79 Å². The van der Waals surface area contributed by atoms with E-state index in [9.17, 15) is 4.79 Å². The van der Waals surface area contributed by atoms with Gasteiger partial charge in [-0.1, -0.05) is 41.9 Å². The summed E-state index contributed by atoms with van der Waals surface area (Å²) in [5.74, 6) is -0.233. The Balaban J connectivity index is 1.68. The van der Waals surface area contributed by atoms with E-state index in [1.54, 1.807) is 24.3 Å². The maximum atomic E-state index is 12.1. The third-order valence-corrected chi connectivity index (χ3v) is 3.56. The minimum Gasteiger partial charge on any atom is -0.271 e. The molecule has 0 saturated carbocycles. The van der Waals surface area contributed by atoms with Crippen LogP contribution >= 0.6 is 0 Å². The second-order valence-electron chi connectivity index (χ2n) is 5.00. The van der Waals surface area contributed by atoms with Crippen molar-refractivity contribution in [3.8, 4) is 0 Å². The van der Waals surface area contributed by atoms with E-state index >= 15 is 0 Å². The van der Waals surface area contributed by atoms with Gasteiger partial charge in [0.25, 0.3) is 5.91 Å². The molecule has 3 nitrogen and oxygen atoms in total. The predicted molar refractivity (Wildman–Crippen MR) is 78.7 cm³/mol. The number of nitrogens with zero attached hydrogens (tertiary/aromatic N) is 2. The molecule has 0 saturated heterocycles. The summed E-state index contributed by atoms with van der Waals surface area (Å²) in [5.41, 5.74) is 3.80. The summed E-state index contributed by atoms with van der Waals surface area (Å²) in [4.78, 5) is 12.1. The second-order valence-corrected chi connectivity index (χ2v) is 5.00. The lowest BCUT2D eigenvalue weighted by molar-refractivity contribution is -0.121. The SMILES string of the molecule is [B]c1ccc(N=NC(=O)C2Cc3ccccc3C2)cc1. The average Bonchev–Trinajstić information content (AvgIpc) is 2.90. The number of carbonyl (C=O) groups excluding carboxylic acids is 1. The first-order chi connectivity index (χ1) is 9.72. The number of hydrogen-bond acceptors (Lipinski definition) is 2. The van der Waals surface area contributed by atoms with E-state index in [0.29, 0.717) is 11.2 Å². The standard InChI is InChI=1S/C16H13BN2O/c17-14-5-7-15(8-6-14)18-19-16(20)13-9-11-3-1-2-4-12(11)10-13/h1-8,13H,9-10H2. The van der Waals surface area contributed by atoms with Crippen LogP contribution in [0.5, 0.6) is 0 Å². The van der Waals surface area contributed by atoms with E-state index < -0.39 is 0 Å². The van der Waals surface area contributed by atoms with E-state index in [-0.39, 0.29) is 11.8 Å². The van der Waals surface area contributed by atoms with Gasteiger partial charge in [-0.2, -0.15) is 0 Å². The Morgan fingerprint density at radius 2 is 1.60 bits per heavy atom. The smallest absolute Gasteiger partial charge is 0.268 e. The number of carbonyl (C=O) groups is 1. The molecular formula is C16H13BN2O. The molecule has 0 aliphatic heterocycles. The molecule has 0 N–H and O–H groups in total. The lowest BCUT2D eigenvalue weighted by Gasteiger charge is -2.01. The van der Waals surface area contributed by atoms with Crippen molar-refractivity contribution >= 4 is 24.9 Å². The van der Waals surface area contributed by atoms with Gasteiger partial charge in [0.1, 0.15) is 7.85 Å². The zero-order valence-electron chi connectivity index (χ0n) is 11.0. The maximum absolute atomic E-state index is 12.1. The lowest BCUT2D eigenvalue weighted by Crippen LogP contribution is -2.11. The van der Waals surface area contributed by atoms with Crippen LogP contribution in [0.3, 0.4) is 0 Å². The molecule has 3 rings (SSSR count). The Labute approximate surface area is 119 Å². The molecule has 1 amide bonds. The summed E-state index contributed by atoms with van der Waals surface area (Å²) in [5, 5.41) is 7.81. The minimum atomic E-state index is -0.155. The van der Waals surface area contributed by atoms with Crippen LogP contribution in [-0.2, 0) is 17.6 Å². The molecule has 1 aliphatic carbocycles. The topological polar surface area (TPSA) is 41.8 Å². The van der Waals surface area contributed by atoms with Crippen molar-refractivity contribution in [1.82, 2.24) is 0 Å². The molecule has 2 radical (unpaired) electrons. The lowest BCUT2D eigenvalue weighted by atomic mass is 9.96. The Hall–Kier alpha value is -2.23. The monoisotopic (exact) mass is 260 g/mol. The molecule has 96 valence electrons. The van der Waals surface area contributed by atoms with E-state index in [4.69, 9.17) is 7.85 Å².